The van der Waals surface area contributed by atoms with Crippen molar-refractivity contribution in [2.24, 2.45) is 4.99 Å². The van der Waals surface area contributed by atoms with E-state index in [4.69, 9.17) is 14.2 Å². The quantitative estimate of drug-likeness (QED) is 0.618. The van der Waals surface area contributed by atoms with Gasteiger partial charge in [-0.05, 0) is 35.9 Å². The Hall–Kier alpha value is -3.15. The molecule has 25 heavy (non-hydrogen) atoms. The van der Waals surface area contributed by atoms with Crippen molar-refractivity contribution in [1.82, 2.24) is 0 Å². The summed E-state index contributed by atoms with van der Waals surface area (Å²) in [6, 6.07) is 11.2. The molecule has 2 aromatic carbocycles. The summed E-state index contributed by atoms with van der Waals surface area (Å²) >= 11 is 0. The minimum atomic E-state index is -0.532. The monoisotopic (exact) mass is 341 g/mol. The lowest BCUT2D eigenvalue weighted by Gasteiger charge is -2.07. The zero-order valence-corrected chi connectivity index (χ0v) is 13.8. The Morgan fingerprint density at radius 2 is 1.88 bits per heavy atom. The molecule has 0 aliphatic carbocycles. The Bertz CT molecular complexity index is 856. The van der Waals surface area contributed by atoms with Crippen molar-refractivity contribution in [1.29, 1.82) is 0 Å². The Labute approximate surface area is 144 Å². The number of methoxy groups -OCH3 is 2. The van der Waals surface area contributed by atoms with Crippen LogP contribution in [0.1, 0.15) is 11.1 Å². The molecule has 0 bridgehead atoms. The van der Waals surface area contributed by atoms with Crippen LogP contribution in [0.5, 0.6) is 11.5 Å². The summed E-state index contributed by atoms with van der Waals surface area (Å²) in [6.45, 7) is 0. The number of aliphatic imine (C=N–C) groups is 1. The number of ether oxygens (including phenoxy) is 3. The van der Waals surface area contributed by atoms with Crippen LogP contribution in [-0.2, 0) is 16.0 Å². The lowest BCUT2D eigenvalue weighted by Crippen LogP contribution is -2.06. The molecule has 1 aliphatic heterocycles. The van der Waals surface area contributed by atoms with Crippen LogP contribution in [0.3, 0.4) is 0 Å². The minimum absolute atomic E-state index is 0.181. The maximum Gasteiger partial charge on any atom is 0.363 e. The summed E-state index contributed by atoms with van der Waals surface area (Å²) in [4.78, 5) is 16.3. The molecule has 5 nitrogen and oxygen atoms in total. The highest BCUT2D eigenvalue weighted by Crippen LogP contribution is 2.28. The van der Waals surface area contributed by atoms with E-state index >= 15 is 0 Å². The van der Waals surface area contributed by atoms with Crippen LogP contribution in [0.4, 0.5) is 4.39 Å². The molecule has 2 aromatic rings. The highest BCUT2D eigenvalue weighted by molar-refractivity contribution is 6.07. The molecule has 0 spiro atoms. The lowest BCUT2D eigenvalue weighted by molar-refractivity contribution is -0.130. The van der Waals surface area contributed by atoms with Gasteiger partial charge in [0.15, 0.2) is 5.70 Å². The van der Waals surface area contributed by atoms with Crippen molar-refractivity contribution < 1.29 is 23.4 Å². The van der Waals surface area contributed by atoms with E-state index in [2.05, 4.69) is 4.99 Å². The number of hydrogen-bond acceptors (Lipinski definition) is 5. The Balaban J connectivity index is 1.84. The molecule has 0 atom stereocenters. The smallest absolute Gasteiger partial charge is 0.363 e. The maximum absolute atomic E-state index is 12.9. The molecule has 0 saturated carbocycles. The lowest BCUT2D eigenvalue weighted by atomic mass is 10.1. The maximum atomic E-state index is 12.9. The molecule has 0 saturated heterocycles. The van der Waals surface area contributed by atoms with Gasteiger partial charge in [-0.2, -0.15) is 0 Å². The first-order valence-corrected chi connectivity index (χ1v) is 7.57. The second-order valence-corrected chi connectivity index (χ2v) is 5.34. The van der Waals surface area contributed by atoms with E-state index in [0.29, 0.717) is 23.5 Å². The van der Waals surface area contributed by atoms with Crippen LogP contribution in [0, 0.1) is 5.82 Å². The molecule has 1 heterocycles. The third-order valence-corrected chi connectivity index (χ3v) is 3.67. The summed E-state index contributed by atoms with van der Waals surface area (Å²) < 4.78 is 28.6. The molecule has 1 aliphatic rings. The molecule has 128 valence electrons. The second-order valence-electron chi connectivity index (χ2n) is 5.34. The van der Waals surface area contributed by atoms with E-state index < -0.39 is 5.97 Å². The van der Waals surface area contributed by atoms with Crippen molar-refractivity contribution in [3.63, 3.8) is 0 Å². The van der Waals surface area contributed by atoms with E-state index in [1.807, 2.05) is 0 Å². The van der Waals surface area contributed by atoms with Gasteiger partial charge in [-0.25, -0.2) is 14.2 Å². The third kappa shape index (κ3) is 3.85. The van der Waals surface area contributed by atoms with Crippen LogP contribution in [0.2, 0.25) is 0 Å². The van der Waals surface area contributed by atoms with Crippen molar-refractivity contribution in [2.75, 3.05) is 14.2 Å². The molecule has 6 heteroatoms. The van der Waals surface area contributed by atoms with Crippen molar-refractivity contribution >= 4 is 17.9 Å². The first-order valence-electron chi connectivity index (χ1n) is 7.57. The van der Waals surface area contributed by atoms with Gasteiger partial charge in [-0.1, -0.05) is 12.1 Å². The number of carbonyl (C=O) groups is 1. The molecule has 0 unspecified atom stereocenters. The average Bonchev–Trinajstić information content (AvgIpc) is 2.96. The summed E-state index contributed by atoms with van der Waals surface area (Å²) in [7, 11) is 3.10. The number of esters is 1. The molecule has 0 N–H and O–H groups in total. The van der Waals surface area contributed by atoms with E-state index in [1.165, 1.54) is 19.2 Å². The first-order chi connectivity index (χ1) is 12.1. The molecule has 3 rings (SSSR count). The molecule has 0 aromatic heterocycles. The van der Waals surface area contributed by atoms with Gasteiger partial charge < -0.3 is 14.2 Å². The summed E-state index contributed by atoms with van der Waals surface area (Å²) in [6.07, 6.45) is 1.90. The largest absolute Gasteiger partial charge is 0.497 e. The number of nitrogens with zero attached hydrogens (tertiary/aromatic N) is 1. The number of benzene rings is 2. The molecule has 0 radical (unpaired) electrons. The van der Waals surface area contributed by atoms with E-state index in [-0.39, 0.29) is 17.4 Å². The minimum Gasteiger partial charge on any atom is -0.497 e. The number of rotatable bonds is 5. The van der Waals surface area contributed by atoms with Crippen LogP contribution in [0.15, 0.2) is 53.2 Å². The highest BCUT2D eigenvalue weighted by atomic mass is 19.1. The van der Waals surface area contributed by atoms with Gasteiger partial charge in [0.25, 0.3) is 0 Å². The van der Waals surface area contributed by atoms with E-state index in [0.717, 1.165) is 5.56 Å². The summed E-state index contributed by atoms with van der Waals surface area (Å²) in [5, 5.41) is 0. The fourth-order valence-corrected chi connectivity index (χ4v) is 2.39. The zero-order valence-electron chi connectivity index (χ0n) is 13.8. The highest BCUT2D eigenvalue weighted by Gasteiger charge is 2.23. The first kappa shape index (κ1) is 16.7. The van der Waals surface area contributed by atoms with Gasteiger partial charge in [0, 0.05) is 18.1 Å². The molecular weight excluding hydrogens is 325 g/mol. The van der Waals surface area contributed by atoms with Gasteiger partial charge in [0.05, 0.1) is 14.2 Å². The van der Waals surface area contributed by atoms with Crippen molar-refractivity contribution in [3.05, 3.63) is 65.1 Å². The Morgan fingerprint density at radius 1 is 1.12 bits per heavy atom. The van der Waals surface area contributed by atoms with Gasteiger partial charge >= 0.3 is 5.97 Å². The molecule has 0 amide bonds. The zero-order chi connectivity index (χ0) is 17.8. The van der Waals surface area contributed by atoms with E-state index in [1.54, 1.807) is 43.5 Å². The predicted octanol–water partition coefficient (Wildman–Crippen LogP) is 3.38. The summed E-state index contributed by atoms with van der Waals surface area (Å²) in [5.74, 6) is 0.627. The number of hydrogen-bond donors (Lipinski definition) is 0. The summed E-state index contributed by atoms with van der Waals surface area (Å²) in [5.41, 5.74) is 1.67. The normalized spacial score (nSPS) is 15.1. The average molecular weight is 341 g/mol. The second kappa shape index (κ2) is 7.17. The number of halogens is 1. The van der Waals surface area contributed by atoms with E-state index in [9.17, 15) is 9.18 Å². The predicted molar refractivity (Wildman–Crippen MR) is 91.2 cm³/mol. The van der Waals surface area contributed by atoms with Crippen molar-refractivity contribution in [2.45, 2.75) is 6.42 Å². The van der Waals surface area contributed by atoms with Gasteiger partial charge in [0.1, 0.15) is 17.3 Å². The SMILES string of the molecule is COc1ccc(/C=C2/N=C(Cc3ccc(F)cc3)OC2=O)c(OC)c1. The third-order valence-electron chi connectivity index (χ3n) is 3.67. The van der Waals surface area contributed by atoms with Crippen LogP contribution in [0.25, 0.3) is 6.08 Å². The van der Waals surface area contributed by atoms with Crippen molar-refractivity contribution in [3.8, 4) is 11.5 Å². The van der Waals surface area contributed by atoms with Crippen LogP contribution in [-0.4, -0.2) is 26.1 Å². The van der Waals surface area contributed by atoms with Crippen LogP contribution < -0.4 is 9.47 Å². The van der Waals surface area contributed by atoms with Gasteiger partial charge in [0.2, 0.25) is 5.90 Å². The van der Waals surface area contributed by atoms with Crippen LogP contribution >= 0.6 is 0 Å². The Kier molecular flexibility index (Phi) is 4.79. The number of cyclic esters (lactones) is 1. The Morgan fingerprint density at radius 3 is 2.56 bits per heavy atom. The van der Waals surface area contributed by atoms with Gasteiger partial charge in [-0.15, -0.1) is 0 Å². The fourth-order valence-electron chi connectivity index (χ4n) is 2.39. The topological polar surface area (TPSA) is 57.1 Å². The standard InChI is InChI=1S/C19H16FNO4/c1-23-15-8-5-13(17(11-15)24-2)10-16-19(22)25-18(21-16)9-12-3-6-14(20)7-4-12/h3-8,10-11H,9H2,1-2H3/b16-10+. The molecular formula is C19H16FNO4. The number of carbonyl (C=O) groups excluding carboxylic acids is 1. The molecule has 0 fully saturated rings. The van der Waals surface area contributed by atoms with Gasteiger partial charge in [-0.3, -0.25) is 0 Å². The fraction of sp³-hybridized carbons (Fsp3) is 0.158.